The van der Waals surface area contributed by atoms with Crippen molar-refractivity contribution < 1.29 is 4.79 Å². The summed E-state index contributed by atoms with van der Waals surface area (Å²) < 4.78 is 2.02. The van der Waals surface area contributed by atoms with Crippen LogP contribution < -0.4 is 10.9 Å². The molecule has 0 saturated carbocycles. The van der Waals surface area contributed by atoms with Gasteiger partial charge in [-0.15, -0.1) is 0 Å². The third kappa shape index (κ3) is 3.71. The van der Waals surface area contributed by atoms with E-state index in [9.17, 15) is 4.79 Å². The number of nitrogens with zero attached hydrogens (tertiary/aromatic N) is 3. The highest BCUT2D eigenvalue weighted by molar-refractivity contribution is 5.89. The Bertz CT molecular complexity index is 1110. The number of carbonyl (C=O) groups is 1. The lowest BCUT2D eigenvalue weighted by Crippen LogP contribution is -2.33. The van der Waals surface area contributed by atoms with Crippen molar-refractivity contribution in [1.29, 1.82) is 0 Å². The second-order valence-electron chi connectivity index (χ2n) is 6.69. The highest BCUT2D eigenvalue weighted by Gasteiger charge is 2.13. The van der Waals surface area contributed by atoms with Crippen molar-refractivity contribution in [3.05, 3.63) is 78.1 Å². The molecule has 2 aromatic heterocycles. The number of nitrogens with one attached hydrogen (secondary N) is 2. The van der Waals surface area contributed by atoms with E-state index >= 15 is 0 Å². The largest absolute Gasteiger partial charge is 0.331 e. The summed E-state index contributed by atoms with van der Waals surface area (Å²) in [7, 11) is 0. The number of anilines is 1. The van der Waals surface area contributed by atoms with Gasteiger partial charge in [-0.25, -0.2) is 9.97 Å². The minimum absolute atomic E-state index is 0.176. The number of hydrogen-bond donors (Lipinski definition) is 2. The zero-order chi connectivity index (χ0) is 19.5. The summed E-state index contributed by atoms with van der Waals surface area (Å²) in [5, 5.41) is 1.10. The molecule has 2 N–H and O–H groups in total. The van der Waals surface area contributed by atoms with Gasteiger partial charge in [0, 0.05) is 28.0 Å². The molecule has 1 amide bonds. The predicted molar refractivity (Wildman–Crippen MR) is 111 cm³/mol. The molecule has 6 nitrogen and oxygen atoms in total. The minimum Gasteiger partial charge on any atom is -0.331 e. The number of rotatable bonds is 5. The third-order valence-corrected chi connectivity index (χ3v) is 4.48. The van der Waals surface area contributed by atoms with Gasteiger partial charge in [0.1, 0.15) is 6.54 Å². The van der Waals surface area contributed by atoms with Crippen molar-refractivity contribution in [2.75, 3.05) is 5.43 Å². The Morgan fingerprint density at radius 2 is 1.61 bits per heavy atom. The Morgan fingerprint density at radius 1 is 0.929 bits per heavy atom. The zero-order valence-electron chi connectivity index (χ0n) is 15.8. The fourth-order valence-electron chi connectivity index (χ4n) is 3.32. The van der Waals surface area contributed by atoms with Crippen LogP contribution in [-0.2, 0) is 11.3 Å². The molecule has 0 bridgehead atoms. The van der Waals surface area contributed by atoms with Crippen LogP contribution in [0.2, 0.25) is 0 Å². The molecular weight excluding hydrogens is 350 g/mol. The molecular formula is C22H21N5O. The number of aromatic nitrogens is 3. The summed E-state index contributed by atoms with van der Waals surface area (Å²) in [6, 6.07) is 22.1. The maximum absolute atomic E-state index is 12.6. The molecule has 0 spiro atoms. The normalized spacial score (nSPS) is 10.8. The molecule has 4 rings (SSSR count). The first-order chi connectivity index (χ1) is 13.6. The van der Waals surface area contributed by atoms with Crippen LogP contribution in [0, 0.1) is 13.8 Å². The molecule has 2 aromatic carbocycles. The summed E-state index contributed by atoms with van der Waals surface area (Å²) >= 11 is 0. The van der Waals surface area contributed by atoms with Gasteiger partial charge >= 0.3 is 0 Å². The SMILES string of the molecule is Cc1cc(C)nc(NNC(=O)Cn2c(-c3ccccc3)cc3ccccc32)n1. The number of para-hydroxylation sites is 1. The molecule has 0 atom stereocenters. The van der Waals surface area contributed by atoms with Crippen molar-refractivity contribution in [2.45, 2.75) is 20.4 Å². The van der Waals surface area contributed by atoms with E-state index in [0.717, 1.165) is 33.5 Å². The molecule has 0 radical (unpaired) electrons. The quantitative estimate of drug-likeness (QED) is 0.523. The predicted octanol–water partition coefficient (Wildman–Crippen LogP) is 3.86. The number of hydrazine groups is 1. The number of hydrogen-bond acceptors (Lipinski definition) is 4. The molecule has 4 aromatic rings. The van der Waals surface area contributed by atoms with Gasteiger partial charge in [-0.05, 0) is 37.6 Å². The van der Waals surface area contributed by atoms with Crippen molar-refractivity contribution in [3.63, 3.8) is 0 Å². The molecule has 0 fully saturated rings. The zero-order valence-corrected chi connectivity index (χ0v) is 15.8. The summed E-state index contributed by atoms with van der Waals surface area (Å²) in [5.74, 6) is 0.202. The summed E-state index contributed by atoms with van der Waals surface area (Å²) in [6.07, 6.45) is 0. The van der Waals surface area contributed by atoms with E-state index in [1.54, 1.807) is 0 Å². The monoisotopic (exact) mass is 371 g/mol. The van der Waals surface area contributed by atoms with Crippen LogP contribution in [0.5, 0.6) is 0 Å². The number of benzene rings is 2. The molecule has 0 aliphatic carbocycles. The second kappa shape index (κ2) is 7.52. The van der Waals surface area contributed by atoms with Gasteiger partial charge < -0.3 is 4.57 Å². The highest BCUT2D eigenvalue weighted by Crippen LogP contribution is 2.28. The van der Waals surface area contributed by atoms with E-state index in [0.29, 0.717) is 5.95 Å². The van der Waals surface area contributed by atoms with Crippen molar-refractivity contribution >= 4 is 22.8 Å². The molecule has 0 saturated heterocycles. The second-order valence-corrected chi connectivity index (χ2v) is 6.69. The van der Waals surface area contributed by atoms with Crippen molar-refractivity contribution in [2.24, 2.45) is 0 Å². The first kappa shape index (κ1) is 17.7. The fourth-order valence-corrected chi connectivity index (χ4v) is 3.32. The average Bonchev–Trinajstić information content (AvgIpc) is 3.05. The molecule has 0 aliphatic heterocycles. The number of aryl methyl sites for hydroxylation is 2. The fraction of sp³-hybridized carbons (Fsp3) is 0.136. The Balaban J connectivity index is 1.59. The van der Waals surface area contributed by atoms with Gasteiger partial charge in [0.2, 0.25) is 5.95 Å². The van der Waals surface area contributed by atoms with E-state index in [1.165, 1.54) is 0 Å². The first-order valence-corrected chi connectivity index (χ1v) is 9.11. The van der Waals surface area contributed by atoms with E-state index < -0.39 is 0 Å². The van der Waals surface area contributed by atoms with E-state index in [1.807, 2.05) is 73.0 Å². The van der Waals surface area contributed by atoms with E-state index in [2.05, 4.69) is 33.0 Å². The molecule has 28 heavy (non-hydrogen) atoms. The lowest BCUT2D eigenvalue weighted by atomic mass is 10.1. The van der Waals surface area contributed by atoms with Gasteiger partial charge in [0.25, 0.3) is 5.91 Å². The van der Waals surface area contributed by atoms with Crippen LogP contribution in [0.25, 0.3) is 22.2 Å². The van der Waals surface area contributed by atoms with Crippen LogP contribution in [0.1, 0.15) is 11.4 Å². The third-order valence-electron chi connectivity index (χ3n) is 4.48. The average molecular weight is 371 g/mol. The summed E-state index contributed by atoms with van der Waals surface area (Å²) in [6.45, 7) is 3.95. The molecule has 6 heteroatoms. The Hall–Kier alpha value is -3.67. The lowest BCUT2D eigenvalue weighted by Gasteiger charge is -2.12. The van der Waals surface area contributed by atoms with Gasteiger partial charge in [0.15, 0.2) is 0 Å². The molecule has 0 unspecified atom stereocenters. The van der Waals surface area contributed by atoms with Crippen LogP contribution in [0.4, 0.5) is 5.95 Å². The number of carbonyl (C=O) groups excluding carboxylic acids is 1. The van der Waals surface area contributed by atoms with E-state index in [-0.39, 0.29) is 12.5 Å². The Kier molecular flexibility index (Phi) is 4.76. The number of amides is 1. The molecule has 0 aliphatic rings. The highest BCUT2D eigenvalue weighted by atomic mass is 16.2. The van der Waals surface area contributed by atoms with Crippen molar-refractivity contribution in [3.8, 4) is 11.3 Å². The molecule has 2 heterocycles. The van der Waals surface area contributed by atoms with Gasteiger partial charge in [-0.3, -0.25) is 15.6 Å². The summed E-state index contributed by atoms with van der Waals surface area (Å²) in [5.41, 5.74) is 10.3. The van der Waals surface area contributed by atoms with Crippen LogP contribution in [0.3, 0.4) is 0 Å². The topological polar surface area (TPSA) is 71.8 Å². The van der Waals surface area contributed by atoms with Gasteiger partial charge in [-0.2, -0.15) is 0 Å². The smallest absolute Gasteiger partial charge is 0.258 e. The van der Waals surface area contributed by atoms with Crippen molar-refractivity contribution in [1.82, 2.24) is 20.0 Å². The Morgan fingerprint density at radius 3 is 2.36 bits per heavy atom. The maximum atomic E-state index is 12.6. The number of fused-ring (bicyclic) bond motifs is 1. The van der Waals surface area contributed by atoms with E-state index in [4.69, 9.17) is 0 Å². The standard InChI is InChI=1S/C22H21N5O/c1-15-12-16(2)24-22(23-15)26-25-21(28)14-27-19-11-7-6-10-18(19)13-20(27)17-8-4-3-5-9-17/h3-13H,14H2,1-2H3,(H,25,28)(H,23,24,26). The van der Waals surface area contributed by atoms with Crippen LogP contribution >= 0.6 is 0 Å². The van der Waals surface area contributed by atoms with Crippen LogP contribution in [-0.4, -0.2) is 20.4 Å². The minimum atomic E-state index is -0.179. The van der Waals surface area contributed by atoms with Gasteiger partial charge in [-0.1, -0.05) is 48.5 Å². The van der Waals surface area contributed by atoms with Crippen LogP contribution in [0.15, 0.2) is 66.7 Å². The van der Waals surface area contributed by atoms with Gasteiger partial charge in [0.05, 0.1) is 0 Å². The first-order valence-electron chi connectivity index (χ1n) is 9.11. The molecule has 140 valence electrons. The summed E-state index contributed by atoms with van der Waals surface area (Å²) in [4.78, 5) is 21.2. The lowest BCUT2D eigenvalue weighted by molar-refractivity contribution is -0.121. The Labute approximate surface area is 163 Å². The maximum Gasteiger partial charge on any atom is 0.258 e.